The average Bonchev–Trinajstić information content (AvgIpc) is 3.06. The highest BCUT2D eigenvalue weighted by molar-refractivity contribution is 14.0. The first kappa shape index (κ1) is 26.6. The highest BCUT2D eigenvalue weighted by atomic mass is 127. The third-order valence-electron chi connectivity index (χ3n) is 6.03. The molecule has 0 amide bonds. The molecule has 0 bridgehead atoms. The van der Waals surface area contributed by atoms with E-state index in [9.17, 15) is 0 Å². The maximum atomic E-state index is 5.18. The highest BCUT2D eigenvalue weighted by Crippen LogP contribution is 2.14. The van der Waals surface area contributed by atoms with Gasteiger partial charge in [0, 0.05) is 45.0 Å². The zero-order chi connectivity index (χ0) is 22.1. The molecule has 3 rings (SSSR count). The smallest absolute Gasteiger partial charge is 0.191 e. The SMILES string of the molecule is CN=C(NCc1ccc(CN2CCCCC2)cc1)NCc1c(C)nn(CCOC)c1C.I. The van der Waals surface area contributed by atoms with E-state index in [0.29, 0.717) is 13.2 Å². The Morgan fingerprint density at radius 2 is 1.69 bits per heavy atom. The summed E-state index contributed by atoms with van der Waals surface area (Å²) in [5.41, 5.74) is 6.07. The Kier molecular flexibility index (Phi) is 11.5. The van der Waals surface area contributed by atoms with Crippen LogP contribution in [0.15, 0.2) is 29.3 Å². The number of rotatable bonds is 9. The van der Waals surface area contributed by atoms with Crippen LogP contribution in [0, 0.1) is 13.8 Å². The fraction of sp³-hybridized carbons (Fsp3) is 0.583. The zero-order valence-electron chi connectivity index (χ0n) is 20.0. The summed E-state index contributed by atoms with van der Waals surface area (Å²) in [5, 5.41) is 11.5. The third kappa shape index (κ3) is 7.74. The zero-order valence-corrected chi connectivity index (χ0v) is 22.3. The lowest BCUT2D eigenvalue weighted by molar-refractivity contribution is 0.182. The normalized spacial score (nSPS) is 14.8. The lowest BCUT2D eigenvalue weighted by atomic mass is 10.1. The number of hydrogen-bond acceptors (Lipinski definition) is 4. The van der Waals surface area contributed by atoms with E-state index in [2.05, 4.69) is 63.7 Å². The molecule has 2 N–H and O–H groups in total. The van der Waals surface area contributed by atoms with E-state index in [-0.39, 0.29) is 24.0 Å². The number of piperidine rings is 1. The molecule has 0 saturated carbocycles. The van der Waals surface area contributed by atoms with Crippen LogP contribution in [-0.4, -0.2) is 54.5 Å². The van der Waals surface area contributed by atoms with Gasteiger partial charge in [0.15, 0.2) is 5.96 Å². The van der Waals surface area contributed by atoms with Crippen LogP contribution in [0.5, 0.6) is 0 Å². The Bertz CT molecular complexity index is 843. The summed E-state index contributed by atoms with van der Waals surface area (Å²) in [7, 11) is 3.52. The number of ether oxygens (including phenoxy) is 1. The predicted octanol–water partition coefficient (Wildman–Crippen LogP) is 3.62. The van der Waals surface area contributed by atoms with Gasteiger partial charge in [0.05, 0.1) is 18.8 Å². The summed E-state index contributed by atoms with van der Waals surface area (Å²) in [4.78, 5) is 6.93. The van der Waals surface area contributed by atoms with Gasteiger partial charge in [-0.05, 0) is 50.9 Å². The first-order chi connectivity index (χ1) is 15.1. The second-order valence-electron chi connectivity index (χ2n) is 8.30. The molecular weight excluding hydrogens is 515 g/mol. The topological polar surface area (TPSA) is 66.7 Å². The lowest BCUT2D eigenvalue weighted by Gasteiger charge is -2.26. The van der Waals surface area contributed by atoms with Crippen LogP contribution in [0.25, 0.3) is 0 Å². The monoisotopic (exact) mass is 554 g/mol. The van der Waals surface area contributed by atoms with E-state index in [1.54, 1.807) is 14.2 Å². The summed E-state index contributed by atoms with van der Waals surface area (Å²) in [6.07, 6.45) is 4.05. The first-order valence-electron chi connectivity index (χ1n) is 11.4. The number of aliphatic imine (C=N–C) groups is 1. The Balaban J connectivity index is 0.00000363. The van der Waals surface area contributed by atoms with Crippen molar-refractivity contribution in [2.45, 2.75) is 59.3 Å². The molecule has 2 aromatic rings. The molecule has 0 spiro atoms. The number of hydrogen-bond donors (Lipinski definition) is 2. The number of nitrogens with zero attached hydrogens (tertiary/aromatic N) is 4. The molecule has 32 heavy (non-hydrogen) atoms. The molecule has 1 aliphatic heterocycles. The van der Waals surface area contributed by atoms with Gasteiger partial charge in [-0.15, -0.1) is 24.0 Å². The Morgan fingerprint density at radius 3 is 2.34 bits per heavy atom. The van der Waals surface area contributed by atoms with Gasteiger partial charge in [-0.2, -0.15) is 5.10 Å². The molecule has 1 fully saturated rings. The van der Waals surface area contributed by atoms with Gasteiger partial charge in [-0.25, -0.2) is 0 Å². The summed E-state index contributed by atoms with van der Waals surface area (Å²) < 4.78 is 7.19. The molecule has 0 atom stereocenters. The van der Waals surface area contributed by atoms with E-state index in [1.807, 2.05) is 4.68 Å². The number of likely N-dealkylation sites (tertiary alicyclic amines) is 1. The fourth-order valence-electron chi connectivity index (χ4n) is 4.10. The molecule has 1 aromatic carbocycles. The molecule has 178 valence electrons. The quantitative estimate of drug-likeness (QED) is 0.282. The van der Waals surface area contributed by atoms with Crippen LogP contribution < -0.4 is 10.6 Å². The van der Waals surface area contributed by atoms with E-state index in [1.165, 1.54) is 54.7 Å². The van der Waals surface area contributed by atoms with Gasteiger partial charge in [-0.1, -0.05) is 30.7 Å². The molecule has 0 aliphatic carbocycles. The second kappa shape index (κ2) is 13.8. The van der Waals surface area contributed by atoms with Crippen LogP contribution in [0.2, 0.25) is 0 Å². The van der Waals surface area contributed by atoms with Crippen molar-refractivity contribution in [3.05, 3.63) is 52.3 Å². The number of nitrogens with one attached hydrogen (secondary N) is 2. The average molecular weight is 555 g/mol. The minimum atomic E-state index is 0. The van der Waals surface area contributed by atoms with Crippen molar-refractivity contribution in [3.63, 3.8) is 0 Å². The van der Waals surface area contributed by atoms with Crippen molar-refractivity contribution >= 4 is 29.9 Å². The van der Waals surface area contributed by atoms with Crippen molar-refractivity contribution in [3.8, 4) is 0 Å². The number of guanidine groups is 1. The lowest BCUT2D eigenvalue weighted by Crippen LogP contribution is -2.36. The van der Waals surface area contributed by atoms with Gasteiger partial charge >= 0.3 is 0 Å². The Labute approximate surface area is 210 Å². The van der Waals surface area contributed by atoms with Crippen molar-refractivity contribution in [1.29, 1.82) is 0 Å². The van der Waals surface area contributed by atoms with Gasteiger partial charge in [0.2, 0.25) is 0 Å². The first-order valence-corrected chi connectivity index (χ1v) is 11.4. The maximum Gasteiger partial charge on any atom is 0.191 e. The summed E-state index contributed by atoms with van der Waals surface area (Å²) in [6.45, 7) is 10.6. The van der Waals surface area contributed by atoms with Crippen LogP contribution in [0.4, 0.5) is 0 Å². The third-order valence-corrected chi connectivity index (χ3v) is 6.03. The molecule has 1 saturated heterocycles. The van der Waals surface area contributed by atoms with E-state index in [0.717, 1.165) is 31.3 Å². The molecule has 7 nitrogen and oxygen atoms in total. The van der Waals surface area contributed by atoms with Gasteiger partial charge < -0.3 is 15.4 Å². The highest BCUT2D eigenvalue weighted by Gasteiger charge is 2.12. The molecule has 2 heterocycles. The van der Waals surface area contributed by atoms with Gasteiger partial charge in [-0.3, -0.25) is 14.6 Å². The number of aromatic nitrogens is 2. The van der Waals surface area contributed by atoms with Crippen LogP contribution in [-0.2, 0) is 30.9 Å². The van der Waals surface area contributed by atoms with E-state index in [4.69, 9.17) is 4.74 Å². The summed E-state index contributed by atoms with van der Waals surface area (Å²) in [6, 6.07) is 8.94. The minimum absolute atomic E-state index is 0. The number of aryl methyl sites for hydroxylation is 1. The van der Waals surface area contributed by atoms with Crippen molar-refractivity contribution in [2.75, 3.05) is 33.9 Å². The maximum absolute atomic E-state index is 5.18. The van der Waals surface area contributed by atoms with Crippen LogP contribution in [0.1, 0.15) is 47.3 Å². The van der Waals surface area contributed by atoms with Crippen molar-refractivity contribution in [1.82, 2.24) is 25.3 Å². The molecule has 0 radical (unpaired) electrons. The molecule has 8 heteroatoms. The Hall–Kier alpha value is -1.65. The predicted molar refractivity (Wildman–Crippen MR) is 142 cm³/mol. The minimum Gasteiger partial charge on any atom is -0.383 e. The molecule has 0 unspecified atom stereocenters. The number of halogens is 1. The molecular formula is C24H39IN6O. The number of methoxy groups -OCH3 is 1. The molecule has 1 aromatic heterocycles. The largest absolute Gasteiger partial charge is 0.383 e. The Morgan fingerprint density at radius 1 is 1.03 bits per heavy atom. The molecule has 1 aliphatic rings. The van der Waals surface area contributed by atoms with E-state index >= 15 is 0 Å². The van der Waals surface area contributed by atoms with Crippen molar-refractivity contribution < 1.29 is 4.74 Å². The van der Waals surface area contributed by atoms with Crippen LogP contribution >= 0.6 is 24.0 Å². The van der Waals surface area contributed by atoms with Gasteiger partial charge in [0.25, 0.3) is 0 Å². The fourth-order valence-corrected chi connectivity index (χ4v) is 4.10. The summed E-state index contributed by atoms with van der Waals surface area (Å²) in [5.74, 6) is 0.792. The van der Waals surface area contributed by atoms with E-state index < -0.39 is 0 Å². The second-order valence-corrected chi connectivity index (χ2v) is 8.30. The summed E-state index contributed by atoms with van der Waals surface area (Å²) >= 11 is 0. The van der Waals surface area contributed by atoms with Crippen LogP contribution in [0.3, 0.4) is 0 Å². The standard InChI is InChI=1S/C24H38N6O.HI/c1-19-23(20(2)30(28-19)14-15-31-4)17-27-24(25-3)26-16-21-8-10-22(11-9-21)18-29-12-6-5-7-13-29;/h8-11H,5-7,12-18H2,1-4H3,(H2,25,26,27);1H. The van der Waals surface area contributed by atoms with Gasteiger partial charge in [0.1, 0.15) is 0 Å². The van der Waals surface area contributed by atoms with Crippen molar-refractivity contribution in [2.24, 2.45) is 4.99 Å². The number of benzene rings is 1.